The zero-order chi connectivity index (χ0) is 14.5. The van der Waals surface area contributed by atoms with Crippen molar-refractivity contribution in [2.45, 2.75) is 13.3 Å². The Labute approximate surface area is 123 Å². The Balaban J connectivity index is 2.00. The molecule has 5 heteroatoms. The Hall–Kier alpha value is -2.07. The fourth-order valence-corrected chi connectivity index (χ4v) is 2.12. The minimum Gasteiger partial charge on any atom is -0.354 e. The molecule has 0 spiro atoms. The molecule has 0 aliphatic heterocycles. The number of halogens is 1. The lowest BCUT2D eigenvalue weighted by Crippen LogP contribution is -2.22. The van der Waals surface area contributed by atoms with E-state index >= 15 is 0 Å². The SMILES string of the molecule is C/C(=N/NC(=O)Cc1cccn1C)c1ccccc1Cl. The zero-order valence-electron chi connectivity index (χ0n) is 11.4. The Bertz CT molecular complexity index is 646. The molecule has 104 valence electrons. The third kappa shape index (κ3) is 3.48. The summed E-state index contributed by atoms with van der Waals surface area (Å²) in [5, 5.41) is 4.70. The van der Waals surface area contributed by atoms with Crippen molar-refractivity contribution in [2.75, 3.05) is 0 Å². The highest BCUT2D eigenvalue weighted by atomic mass is 35.5. The second-order valence-corrected chi connectivity index (χ2v) is 4.91. The van der Waals surface area contributed by atoms with E-state index in [-0.39, 0.29) is 5.91 Å². The maximum atomic E-state index is 11.8. The number of nitrogens with one attached hydrogen (secondary N) is 1. The molecule has 0 atom stereocenters. The molecular weight excluding hydrogens is 274 g/mol. The fraction of sp³-hybridized carbons (Fsp3) is 0.200. The molecule has 2 aromatic rings. The van der Waals surface area contributed by atoms with Gasteiger partial charge in [-0.05, 0) is 25.1 Å². The number of aryl methyl sites for hydroxylation is 1. The summed E-state index contributed by atoms with van der Waals surface area (Å²) >= 11 is 6.07. The molecule has 20 heavy (non-hydrogen) atoms. The first-order valence-corrected chi connectivity index (χ1v) is 6.64. The predicted octanol–water partition coefficient (Wildman–Crippen LogP) is 2.76. The molecule has 0 radical (unpaired) electrons. The van der Waals surface area contributed by atoms with Gasteiger partial charge in [-0.15, -0.1) is 0 Å². The maximum Gasteiger partial charge on any atom is 0.246 e. The van der Waals surface area contributed by atoms with Crippen LogP contribution in [0.2, 0.25) is 5.02 Å². The van der Waals surface area contributed by atoms with Crippen LogP contribution < -0.4 is 5.43 Å². The summed E-state index contributed by atoms with van der Waals surface area (Å²) in [6.07, 6.45) is 2.20. The van der Waals surface area contributed by atoms with Crippen LogP contribution in [0.25, 0.3) is 0 Å². The van der Waals surface area contributed by atoms with Crippen LogP contribution in [-0.4, -0.2) is 16.2 Å². The Morgan fingerprint density at radius 1 is 1.30 bits per heavy atom. The normalized spacial score (nSPS) is 11.4. The van der Waals surface area contributed by atoms with Crippen molar-refractivity contribution < 1.29 is 4.79 Å². The van der Waals surface area contributed by atoms with Crippen molar-refractivity contribution in [3.05, 3.63) is 58.9 Å². The Morgan fingerprint density at radius 3 is 2.70 bits per heavy atom. The van der Waals surface area contributed by atoms with E-state index in [0.29, 0.717) is 17.2 Å². The zero-order valence-corrected chi connectivity index (χ0v) is 12.2. The van der Waals surface area contributed by atoms with Crippen LogP contribution in [0.5, 0.6) is 0 Å². The van der Waals surface area contributed by atoms with Gasteiger partial charge in [0.1, 0.15) is 0 Å². The summed E-state index contributed by atoms with van der Waals surface area (Å²) in [7, 11) is 1.90. The van der Waals surface area contributed by atoms with E-state index in [1.165, 1.54) is 0 Å². The van der Waals surface area contributed by atoms with Crippen molar-refractivity contribution in [3.8, 4) is 0 Å². The first-order chi connectivity index (χ1) is 9.58. The van der Waals surface area contributed by atoms with Gasteiger partial charge in [-0.1, -0.05) is 29.8 Å². The molecule has 4 nitrogen and oxygen atoms in total. The summed E-state index contributed by atoms with van der Waals surface area (Å²) in [6, 6.07) is 11.2. The first-order valence-electron chi connectivity index (χ1n) is 6.26. The van der Waals surface area contributed by atoms with Crippen molar-refractivity contribution in [2.24, 2.45) is 12.1 Å². The quantitative estimate of drug-likeness (QED) is 0.683. The summed E-state index contributed by atoms with van der Waals surface area (Å²) in [6.45, 7) is 1.81. The number of aromatic nitrogens is 1. The van der Waals surface area contributed by atoms with Crippen molar-refractivity contribution >= 4 is 23.2 Å². The van der Waals surface area contributed by atoms with E-state index in [4.69, 9.17) is 11.6 Å². The van der Waals surface area contributed by atoms with E-state index in [9.17, 15) is 4.79 Å². The molecule has 0 fully saturated rings. The van der Waals surface area contributed by atoms with Crippen LogP contribution in [-0.2, 0) is 18.3 Å². The minimum absolute atomic E-state index is 0.154. The van der Waals surface area contributed by atoms with E-state index in [0.717, 1.165) is 11.3 Å². The topological polar surface area (TPSA) is 46.4 Å². The van der Waals surface area contributed by atoms with E-state index in [1.807, 2.05) is 55.1 Å². The third-order valence-electron chi connectivity index (χ3n) is 3.00. The average Bonchev–Trinajstić information content (AvgIpc) is 2.82. The molecular formula is C15H16ClN3O. The lowest BCUT2D eigenvalue weighted by Gasteiger charge is -2.05. The molecule has 0 aliphatic carbocycles. The first kappa shape index (κ1) is 14.3. The molecule has 1 amide bonds. The molecule has 1 heterocycles. The van der Waals surface area contributed by atoms with Crippen LogP contribution in [0.4, 0.5) is 0 Å². The summed E-state index contributed by atoms with van der Waals surface area (Å²) < 4.78 is 1.91. The van der Waals surface area contributed by atoms with Crippen LogP contribution in [0, 0.1) is 0 Å². The van der Waals surface area contributed by atoms with Crippen molar-refractivity contribution in [1.82, 2.24) is 9.99 Å². The average molecular weight is 290 g/mol. The number of carbonyl (C=O) groups is 1. The van der Waals surface area contributed by atoms with Gasteiger partial charge in [0.05, 0.1) is 12.1 Å². The monoisotopic (exact) mass is 289 g/mol. The summed E-state index contributed by atoms with van der Waals surface area (Å²) in [5.41, 5.74) is 4.98. The van der Waals surface area contributed by atoms with Gasteiger partial charge in [0.15, 0.2) is 0 Å². The highest BCUT2D eigenvalue weighted by Crippen LogP contribution is 2.15. The van der Waals surface area contributed by atoms with Gasteiger partial charge in [-0.2, -0.15) is 5.10 Å². The third-order valence-corrected chi connectivity index (χ3v) is 3.33. The van der Waals surface area contributed by atoms with Gasteiger partial charge in [0, 0.05) is 29.5 Å². The number of rotatable bonds is 4. The molecule has 0 unspecified atom stereocenters. The fourth-order valence-electron chi connectivity index (χ4n) is 1.85. The van der Waals surface area contributed by atoms with Crippen LogP contribution in [0.15, 0.2) is 47.7 Å². The highest BCUT2D eigenvalue weighted by molar-refractivity contribution is 6.34. The molecule has 0 saturated heterocycles. The number of benzene rings is 1. The molecule has 1 N–H and O–H groups in total. The molecule has 0 bridgehead atoms. The van der Waals surface area contributed by atoms with E-state index < -0.39 is 0 Å². The van der Waals surface area contributed by atoms with E-state index in [1.54, 1.807) is 6.07 Å². The van der Waals surface area contributed by atoms with Crippen LogP contribution >= 0.6 is 11.6 Å². The van der Waals surface area contributed by atoms with Crippen molar-refractivity contribution in [1.29, 1.82) is 0 Å². The lowest BCUT2D eigenvalue weighted by molar-refractivity contribution is -0.120. The number of hydrogen-bond donors (Lipinski definition) is 1. The van der Waals surface area contributed by atoms with Gasteiger partial charge in [-0.3, -0.25) is 4.79 Å². The Morgan fingerprint density at radius 2 is 2.05 bits per heavy atom. The second-order valence-electron chi connectivity index (χ2n) is 4.50. The van der Waals surface area contributed by atoms with Gasteiger partial charge in [-0.25, -0.2) is 5.43 Å². The summed E-state index contributed by atoms with van der Waals surface area (Å²) in [5.74, 6) is -0.154. The number of hydrogen-bond acceptors (Lipinski definition) is 2. The Kier molecular flexibility index (Phi) is 4.58. The maximum absolute atomic E-state index is 11.8. The number of amides is 1. The van der Waals surface area contributed by atoms with Crippen LogP contribution in [0.3, 0.4) is 0 Å². The molecule has 0 saturated carbocycles. The largest absolute Gasteiger partial charge is 0.354 e. The lowest BCUT2D eigenvalue weighted by atomic mass is 10.1. The minimum atomic E-state index is -0.154. The number of hydrazone groups is 1. The van der Waals surface area contributed by atoms with Gasteiger partial charge in [0.25, 0.3) is 0 Å². The van der Waals surface area contributed by atoms with Crippen molar-refractivity contribution in [3.63, 3.8) is 0 Å². The predicted molar refractivity (Wildman–Crippen MR) is 80.9 cm³/mol. The van der Waals surface area contributed by atoms with Crippen LogP contribution in [0.1, 0.15) is 18.2 Å². The molecule has 2 rings (SSSR count). The van der Waals surface area contributed by atoms with Gasteiger partial charge in [0.2, 0.25) is 5.91 Å². The van der Waals surface area contributed by atoms with Gasteiger partial charge < -0.3 is 4.57 Å². The molecule has 1 aromatic carbocycles. The summed E-state index contributed by atoms with van der Waals surface area (Å²) in [4.78, 5) is 11.8. The standard InChI is InChI=1S/C15H16ClN3O/c1-11(13-7-3-4-8-14(13)16)17-18-15(20)10-12-6-5-9-19(12)2/h3-9H,10H2,1-2H3,(H,18,20)/b17-11-. The van der Waals surface area contributed by atoms with E-state index in [2.05, 4.69) is 10.5 Å². The molecule has 0 aliphatic rings. The number of carbonyl (C=O) groups excluding carboxylic acids is 1. The van der Waals surface area contributed by atoms with Gasteiger partial charge >= 0.3 is 0 Å². The smallest absolute Gasteiger partial charge is 0.246 e. The molecule has 1 aromatic heterocycles. The number of nitrogens with zero attached hydrogens (tertiary/aromatic N) is 2. The second kappa shape index (κ2) is 6.39. The highest BCUT2D eigenvalue weighted by Gasteiger charge is 2.06.